The summed E-state index contributed by atoms with van der Waals surface area (Å²) in [5, 5.41) is 4.77. The first-order chi connectivity index (χ1) is 7.65. The summed E-state index contributed by atoms with van der Waals surface area (Å²) in [6, 6.07) is 8.38. The van der Waals surface area contributed by atoms with Gasteiger partial charge in [-0.25, -0.2) is 4.98 Å². The lowest BCUT2D eigenvalue weighted by Crippen LogP contribution is -1.91. The zero-order valence-electron chi connectivity index (χ0n) is 9.40. The highest BCUT2D eigenvalue weighted by atomic mass is 32.1. The van der Waals surface area contributed by atoms with Crippen molar-refractivity contribution in [3.8, 4) is 0 Å². The fraction of sp³-hybridized carbons (Fsp3) is 0.250. The van der Waals surface area contributed by atoms with Crippen LogP contribution < -0.4 is 11.1 Å². The van der Waals surface area contributed by atoms with Crippen LogP contribution in [0.5, 0.6) is 0 Å². The predicted molar refractivity (Wildman–Crippen MR) is 70.3 cm³/mol. The Morgan fingerprint density at radius 1 is 1.25 bits per heavy atom. The Balaban J connectivity index is 2.11. The van der Waals surface area contributed by atoms with Crippen molar-refractivity contribution < 1.29 is 0 Å². The van der Waals surface area contributed by atoms with Crippen molar-refractivity contribution in [3.05, 3.63) is 36.0 Å². The van der Waals surface area contributed by atoms with Gasteiger partial charge in [0, 0.05) is 5.69 Å². The Morgan fingerprint density at radius 2 is 1.94 bits per heavy atom. The van der Waals surface area contributed by atoms with Crippen molar-refractivity contribution in [1.29, 1.82) is 0 Å². The molecule has 0 spiro atoms. The van der Waals surface area contributed by atoms with E-state index in [0.717, 1.165) is 15.8 Å². The van der Waals surface area contributed by atoms with E-state index in [1.807, 2.05) is 0 Å². The summed E-state index contributed by atoms with van der Waals surface area (Å²) in [5.74, 6) is 0.560. The van der Waals surface area contributed by atoms with Crippen LogP contribution in [0.3, 0.4) is 0 Å². The van der Waals surface area contributed by atoms with Gasteiger partial charge in [-0.2, -0.15) is 0 Å². The lowest BCUT2D eigenvalue weighted by atomic mass is 10.0. The molecule has 0 aliphatic heterocycles. The molecule has 2 aromatic rings. The number of nitrogen functional groups attached to an aromatic ring is 1. The number of anilines is 3. The fourth-order valence-corrected chi connectivity index (χ4v) is 2.02. The van der Waals surface area contributed by atoms with Gasteiger partial charge in [0.15, 0.2) is 5.13 Å². The van der Waals surface area contributed by atoms with Gasteiger partial charge in [0.05, 0.1) is 6.20 Å². The fourth-order valence-electron chi connectivity index (χ4n) is 1.42. The third-order valence-corrected chi connectivity index (χ3v) is 3.09. The zero-order chi connectivity index (χ0) is 11.5. The van der Waals surface area contributed by atoms with Crippen LogP contribution in [0.25, 0.3) is 0 Å². The summed E-state index contributed by atoms with van der Waals surface area (Å²) < 4.78 is 0. The average molecular weight is 233 g/mol. The number of nitrogens with zero attached hydrogens (tertiary/aromatic N) is 1. The van der Waals surface area contributed by atoms with Crippen LogP contribution >= 0.6 is 11.3 Å². The van der Waals surface area contributed by atoms with Gasteiger partial charge in [0.25, 0.3) is 0 Å². The smallest absolute Gasteiger partial charge is 0.189 e. The SMILES string of the molecule is CC(C)c1ccc(Nc2ncc(N)s2)cc1. The molecule has 0 bridgehead atoms. The largest absolute Gasteiger partial charge is 0.389 e. The Hall–Kier alpha value is -1.55. The van der Waals surface area contributed by atoms with E-state index in [0.29, 0.717) is 5.92 Å². The van der Waals surface area contributed by atoms with Crippen LogP contribution in [-0.4, -0.2) is 4.98 Å². The lowest BCUT2D eigenvalue weighted by Gasteiger charge is -2.07. The second-order valence-corrected chi connectivity index (χ2v) is 5.03. The van der Waals surface area contributed by atoms with Crippen molar-refractivity contribution in [1.82, 2.24) is 4.98 Å². The summed E-state index contributed by atoms with van der Waals surface area (Å²) in [6.45, 7) is 4.37. The third kappa shape index (κ3) is 2.52. The number of hydrogen-bond donors (Lipinski definition) is 2. The van der Waals surface area contributed by atoms with E-state index >= 15 is 0 Å². The quantitative estimate of drug-likeness (QED) is 0.851. The Morgan fingerprint density at radius 3 is 2.44 bits per heavy atom. The standard InChI is InChI=1S/C12H15N3S/c1-8(2)9-3-5-10(6-4-9)15-12-14-7-11(13)16-12/h3-8H,13H2,1-2H3,(H,14,15). The molecule has 84 valence electrons. The minimum atomic E-state index is 0.560. The maximum Gasteiger partial charge on any atom is 0.189 e. The van der Waals surface area contributed by atoms with Crippen molar-refractivity contribution in [3.63, 3.8) is 0 Å². The van der Waals surface area contributed by atoms with Gasteiger partial charge in [0.1, 0.15) is 5.00 Å². The Kier molecular flexibility index (Phi) is 3.10. The molecule has 0 radical (unpaired) electrons. The highest BCUT2D eigenvalue weighted by Gasteiger charge is 2.01. The number of benzene rings is 1. The van der Waals surface area contributed by atoms with Crippen molar-refractivity contribution >= 4 is 27.2 Å². The summed E-state index contributed by atoms with van der Waals surface area (Å²) in [4.78, 5) is 4.15. The summed E-state index contributed by atoms with van der Waals surface area (Å²) in [6.07, 6.45) is 1.66. The van der Waals surface area contributed by atoms with E-state index in [9.17, 15) is 0 Å². The highest BCUT2D eigenvalue weighted by Crippen LogP contribution is 2.24. The number of nitrogens with two attached hydrogens (primary N) is 1. The van der Waals surface area contributed by atoms with Crippen LogP contribution in [-0.2, 0) is 0 Å². The monoisotopic (exact) mass is 233 g/mol. The minimum Gasteiger partial charge on any atom is -0.389 e. The van der Waals surface area contributed by atoms with E-state index in [1.54, 1.807) is 6.20 Å². The number of hydrogen-bond acceptors (Lipinski definition) is 4. The first kappa shape index (κ1) is 11.0. The normalized spacial score (nSPS) is 10.7. The van der Waals surface area contributed by atoms with E-state index in [-0.39, 0.29) is 0 Å². The average Bonchev–Trinajstić information content (AvgIpc) is 2.65. The molecule has 2 rings (SSSR count). The molecule has 0 atom stereocenters. The van der Waals surface area contributed by atoms with Crippen molar-refractivity contribution in [2.75, 3.05) is 11.1 Å². The topological polar surface area (TPSA) is 50.9 Å². The second-order valence-electron chi connectivity index (χ2n) is 3.97. The predicted octanol–water partition coefficient (Wildman–Crippen LogP) is 3.59. The molecule has 0 saturated heterocycles. The van der Waals surface area contributed by atoms with Gasteiger partial charge in [-0.05, 0) is 23.6 Å². The molecule has 1 heterocycles. The molecule has 0 amide bonds. The molecule has 16 heavy (non-hydrogen) atoms. The molecular formula is C12H15N3S. The number of rotatable bonds is 3. The first-order valence-electron chi connectivity index (χ1n) is 5.23. The molecule has 1 aromatic heterocycles. The number of nitrogens with one attached hydrogen (secondary N) is 1. The zero-order valence-corrected chi connectivity index (χ0v) is 10.2. The Labute approximate surface area is 99.3 Å². The van der Waals surface area contributed by atoms with Crippen LogP contribution in [0, 0.1) is 0 Å². The van der Waals surface area contributed by atoms with Crippen LogP contribution in [0.2, 0.25) is 0 Å². The minimum absolute atomic E-state index is 0.560. The van der Waals surface area contributed by atoms with Gasteiger partial charge in [0.2, 0.25) is 0 Å². The van der Waals surface area contributed by atoms with Crippen LogP contribution in [0.1, 0.15) is 25.3 Å². The molecule has 0 unspecified atom stereocenters. The molecule has 3 nitrogen and oxygen atoms in total. The van der Waals surface area contributed by atoms with Gasteiger partial charge in [-0.1, -0.05) is 37.3 Å². The summed E-state index contributed by atoms with van der Waals surface area (Å²) in [5.41, 5.74) is 7.99. The third-order valence-electron chi connectivity index (χ3n) is 2.35. The van der Waals surface area contributed by atoms with Gasteiger partial charge < -0.3 is 11.1 Å². The molecule has 0 saturated carbocycles. The molecule has 0 aliphatic rings. The highest BCUT2D eigenvalue weighted by molar-refractivity contribution is 7.19. The van der Waals surface area contributed by atoms with Crippen molar-refractivity contribution in [2.24, 2.45) is 0 Å². The van der Waals surface area contributed by atoms with Crippen LogP contribution in [0.4, 0.5) is 15.8 Å². The number of aromatic nitrogens is 1. The lowest BCUT2D eigenvalue weighted by molar-refractivity contribution is 0.867. The summed E-state index contributed by atoms with van der Waals surface area (Å²) in [7, 11) is 0. The van der Waals surface area contributed by atoms with Crippen LogP contribution in [0.15, 0.2) is 30.5 Å². The summed E-state index contributed by atoms with van der Waals surface area (Å²) >= 11 is 1.45. The van der Waals surface area contributed by atoms with E-state index in [2.05, 4.69) is 48.4 Å². The van der Waals surface area contributed by atoms with E-state index in [1.165, 1.54) is 16.9 Å². The van der Waals surface area contributed by atoms with E-state index < -0.39 is 0 Å². The molecular weight excluding hydrogens is 218 g/mol. The maximum absolute atomic E-state index is 5.61. The van der Waals surface area contributed by atoms with Gasteiger partial charge >= 0.3 is 0 Å². The van der Waals surface area contributed by atoms with E-state index in [4.69, 9.17) is 5.73 Å². The number of thiazole rings is 1. The molecule has 0 aliphatic carbocycles. The molecule has 1 aromatic carbocycles. The second kappa shape index (κ2) is 4.53. The van der Waals surface area contributed by atoms with Gasteiger partial charge in [-0.15, -0.1) is 0 Å². The van der Waals surface area contributed by atoms with Gasteiger partial charge in [-0.3, -0.25) is 0 Å². The molecule has 3 N–H and O–H groups in total. The molecule has 0 fully saturated rings. The Bertz CT molecular complexity index is 459. The first-order valence-corrected chi connectivity index (χ1v) is 6.05. The maximum atomic E-state index is 5.61. The van der Waals surface area contributed by atoms with Crippen molar-refractivity contribution in [2.45, 2.75) is 19.8 Å². The molecule has 4 heteroatoms.